The van der Waals surface area contributed by atoms with Crippen LogP contribution in [0.5, 0.6) is 0 Å². The van der Waals surface area contributed by atoms with Crippen LogP contribution in [-0.2, 0) is 0 Å². The molecule has 28 heavy (non-hydrogen) atoms. The topological polar surface area (TPSA) is 42.0 Å². The molecule has 5 heteroatoms. The molecule has 2 aromatic carbocycles. The molecule has 0 bridgehead atoms. The van der Waals surface area contributed by atoms with Gasteiger partial charge in [0.25, 0.3) is 5.91 Å². The minimum absolute atomic E-state index is 0.228. The van der Waals surface area contributed by atoms with Crippen LogP contribution in [0, 0.1) is 19.7 Å². The lowest BCUT2D eigenvalue weighted by Gasteiger charge is -2.14. The Kier molecular flexibility index (Phi) is 6.05. The summed E-state index contributed by atoms with van der Waals surface area (Å²) in [6, 6.07) is 13.9. The van der Waals surface area contributed by atoms with Gasteiger partial charge in [-0.15, -0.1) is 0 Å². The van der Waals surface area contributed by atoms with Gasteiger partial charge in [0.05, 0.1) is 11.8 Å². The number of carbonyl (C=O) groups is 1. The molecule has 1 N–H and O–H groups in total. The molecule has 0 fully saturated rings. The van der Waals surface area contributed by atoms with Crippen LogP contribution < -0.4 is 5.32 Å². The first-order chi connectivity index (χ1) is 13.4. The fourth-order valence-electron chi connectivity index (χ4n) is 3.08. The van der Waals surface area contributed by atoms with E-state index in [2.05, 4.69) is 44.4 Å². The van der Waals surface area contributed by atoms with Gasteiger partial charge < -0.3 is 5.32 Å². The number of pyridine rings is 1. The molecule has 0 saturated heterocycles. The molecular formula is C23H20BrFN2O. The van der Waals surface area contributed by atoms with Crippen molar-refractivity contribution < 1.29 is 9.18 Å². The Morgan fingerprint density at radius 2 is 1.79 bits per heavy atom. The first-order valence-corrected chi connectivity index (χ1v) is 9.64. The average molecular weight is 439 g/mol. The zero-order valence-corrected chi connectivity index (χ0v) is 17.5. The van der Waals surface area contributed by atoms with E-state index in [1.807, 2.05) is 44.2 Å². The van der Waals surface area contributed by atoms with Gasteiger partial charge in [-0.3, -0.25) is 9.78 Å². The Bertz CT molecular complexity index is 1060. The van der Waals surface area contributed by atoms with E-state index in [-0.39, 0.29) is 17.0 Å². The number of anilines is 1. The first-order valence-electron chi connectivity index (χ1n) is 8.85. The number of carbonyl (C=O) groups excluding carboxylic acids is 1. The summed E-state index contributed by atoms with van der Waals surface area (Å²) in [5.41, 5.74) is 5.52. The Morgan fingerprint density at radius 3 is 2.43 bits per heavy atom. The summed E-state index contributed by atoms with van der Waals surface area (Å²) in [7, 11) is 0. The summed E-state index contributed by atoms with van der Waals surface area (Å²) < 4.78 is 14.7. The molecule has 1 amide bonds. The van der Waals surface area contributed by atoms with E-state index in [0.29, 0.717) is 5.69 Å². The molecule has 142 valence electrons. The maximum Gasteiger partial charge on any atom is 0.257 e. The highest BCUT2D eigenvalue weighted by molar-refractivity contribution is 9.10. The SMILES string of the molecule is C/C=C(/c1ccc(Br)cc1)c1ccc(NC(=O)c2cncc(F)c2C)cc1C. The molecule has 1 heterocycles. The average Bonchev–Trinajstić information content (AvgIpc) is 2.67. The maximum absolute atomic E-state index is 13.7. The highest BCUT2D eigenvalue weighted by Gasteiger charge is 2.14. The van der Waals surface area contributed by atoms with E-state index >= 15 is 0 Å². The monoisotopic (exact) mass is 438 g/mol. The second-order valence-corrected chi connectivity index (χ2v) is 7.40. The molecule has 3 rings (SSSR count). The van der Waals surface area contributed by atoms with E-state index in [4.69, 9.17) is 0 Å². The molecule has 1 aromatic heterocycles. The van der Waals surface area contributed by atoms with Gasteiger partial charge in [0, 0.05) is 21.9 Å². The van der Waals surface area contributed by atoms with Crippen LogP contribution >= 0.6 is 15.9 Å². The van der Waals surface area contributed by atoms with Crippen LogP contribution in [-0.4, -0.2) is 10.9 Å². The second kappa shape index (κ2) is 8.48. The second-order valence-electron chi connectivity index (χ2n) is 6.49. The number of nitrogens with one attached hydrogen (secondary N) is 1. The molecule has 3 nitrogen and oxygen atoms in total. The summed E-state index contributed by atoms with van der Waals surface area (Å²) >= 11 is 3.46. The van der Waals surface area contributed by atoms with Crippen molar-refractivity contribution in [3.05, 3.63) is 99.0 Å². The van der Waals surface area contributed by atoms with Crippen molar-refractivity contribution in [3.8, 4) is 0 Å². The van der Waals surface area contributed by atoms with Crippen LogP contribution in [0.4, 0.5) is 10.1 Å². The number of rotatable bonds is 4. The van der Waals surface area contributed by atoms with Crippen molar-refractivity contribution in [3.63, 3.8) is 0 Å². The number of halogens is 2. The number of allylic oxidation sites excluding steroid dienone is 1. The number of benzene rings is 2. The summed E-state index contributed by atoms with van der Waals surface area (Å²) in [6.45, 7) is 5.57. The molecule has 0 unspecified atom stereocenters. The highest BCUT2D eigenvalue weighted by atomic mass is 79.9. The number of nitrogens with zero attached hydrogens (tertiary/aromatic N) is 1. The molecule has 0 saturated carbocycles. The Balaban J connectivity index is 1.87. The minimum atomic E-state index is -0.494. The zero-order valence-electron chi connectivity index (χ0n) is 15.9. The molecular weight excluding hydrogens is 419 g/mol. The van der Waals surface area contributed by atoms with Crippen molar-refractivity contribution in [1.29, 1.82) is 0 Å². The lowest BCUT2D eigenvalue weighted by atomic mass is 9.94. The normalized spacial score (nSPS) is 11.4. The standard InChI is InChI=1S/C23H20BrFN2O/c1-4-19(16-5-7-17(24)8-6-16)20-10-9-18(11-14(20)2)27-23(28)21-12-26-13-22(25)15(21)3/h4-13H,1-3H3,(H,27,28)/b19-4-. The summed E-state index contributed by atoms with van der Waals surface area (Å²) in [5, 5.41) is 2.83. The minimum Gasteiger partial charge on any atom is -0.322 e. The van der Waals surface area contributed by atoms with Gasteiger partial charge >= 0.3 is 0 Å². The van der Waals surface area contributed by atoms with Crippen molar-refractivity contribution in [1.82, 2.24) is 4.98 Å². The number of hydrogen-bond donors (Lipinski definition) is 1. The van der Waals surface area contributed by atoms with Crippen molar-refractivity contribution in [2.75, 3.05) is 5.32 Å². The van der Waals surface area contributed by atoms with E-state index in [1.165, 1.54) is 6.20 Å². The predicted molar refractivity (Wildman–Crippen MR) is 115 cm³/mol. The Morgan fingerprint density at radius 1 is 1.07 bits per heavy atom. The third-order valence-electron chi connectivity index (χ3n) is 4.62. The van der Waals surface area contributed by atoms with Gasteiger partial charge in [-0.1, -0.05) is 40.2 Å². The predicted octanol–water partition coefficient (Wildman–Crippen LogP) is 6.30. The number of aryl methyl sites for hydroxylation is 1. The molecule has 0 spiro atoms. The van der Waals surface area contributed by atoms with Crippen LogP contribution in [0.2, 0.25) is 0 Å². The van der Waals surface area contributed by atoms with Gasteiger partial charge in [-0.25, -0.2) is 4.39 Å². The largest absolute Gasteiger partial charge is 0.322 e. The summed E-state index contributed by atoms with van der Waals surface area (Å²) in [5.74, 6) is -0.873. The number of amides is 1. The number of hydrogen-bond acceptors (Lipinski definition) is 2. The summed E-state index contributed by atoms with van der Waals surface area (Å²) in [6.07, 6.45) is 4.55. The van der Waals surface area contributed by atoms with Gasteiger partial charge in [-0.05, 0) is 67.3 Å². The lowest BCUT2D eigenvalue weighted by molar-refractivity contribution is 0.102. The van der Waals surface area contributed by atoms with Crippen LogP contribution in [0.25, 0.3) is 5.57 Å². The fraction of sp³-hybridized carbons (Fsp3) is 0.130. The van der Waals surface area contributed by atoms with Crippen molar-refractivity contribution in [2.45, 2.75) is 20.8 Å². The molecule has 0 aliphatic heterocycles. The van der Waals surface area contributed by atoms with Gasteiger partial charge in [-0.2, -0.15) is 0 Å². The van der Waals surface area contributed by atoms with E-state index in [1.54, 1.807) is 6.92 Å². The van der Waals surface area contributed by atoms with Crippen LogP contribution in [0.15, 0.2) is 65.4 Å². The van der Waals surface area contributed by atoms with Gasteiger partial charge in [0.1, 0.15) is 5.82 Å². The van der Waals surface area contributed by atoms with Gasteiger partial charge in [0.2, 0.25) is 0 Å². The van der Waals surface area contributed by atoms with Crippen molar-refractivity contribution in [2.24, 2.45) is 0 Å². The molecule has 3 aromatic rings. The summed E-state index contributed by atoms with van der Waals surface area (Å²) in [4.78, 5) is 16.3. The van der Waals surface area contributed by atoms with E-state index < -0.39 is 5.82 Å². The first kappa shape index (κ1) is 20.0. The third kappa shape index (κ3) is 4.20. The number of aromatic nitrogens is 1. The highest BCUT2D eigenvalue weighted by Crippen LogP contribution is 2.29. The molecule has 0 radical (unpaired) electrons. The van der Waals surface area contributed by atoms with E-state index in [9.17, 15) is 9.18 Å². The Hall–Kier alpha value is -2.79. The van der Waals surface area contributed by atoms with Gasteiger partial charge in [0.15, 0.2) is 0 Å². The lowest BCUT2D eigenvalue weighted by Crippen LogP contribution is -2.14. The smallest absolute Gasteiger partial charge is 0.257 e. The fourth-order valence-corrected chi connectivity index (χ4v) is 3.34. The van der Waals surface area contributed by atoms with E-state index in [0.717, 1.165) is 32.9 Å². The van der Waals surface area contributed by atoms with Crippen LogP contribution in [0.1, 0.15) is 39.5 Å². The zero-order chi connectivity index (χ0) is 20.3. The molecule has 0 atom stereocenters. The quantitative estimate of drug-likeness (QED) is 0.518. The third-order valence-corrected chi connectivity index (χ3v) is 5.15. The van der Waals surface area contributed by atoms with Crippen molar-refractivity contribution >= 4 is 33.1 Å². The van der Waals surface area contributed by atoms with Crippen LogP contribution in [0.3, 0.4) is 0 Å². The Labute approximate surface area is 172 Å². The molecule has 0 aliphatic carbocycles. The maximum atomic E-state index is 13.7. The molecule has 0 aliphatic rings.